The molecule has 0 unspecified atom stereocenters. The average molecular weight is 1260 g/mol. The van der Waals surface area contributed by atoms with Crippen molar-refractivity contribution in [2.24, 2.45) is 10.8 Å². The van der Waals surface area contributed by atoms with Crippen LogP contribution >= 0.6 is 0 Å². The molecule has 2 heterocycles. The van der Waals surface area contributed by atoms with Gasteiger partial charge in [-0.25, -0.2) is 0 Å². The lowest BCUT2D eigenvalue weighted by molar-refractivity contribution is -0.144. The number of likely N-dealkylation sites (N-methyl/N-ethyl adjacent to an activating group) is 2. The van der Waals surface area contributed by atoms with Crippen molar-refractivity contribution in [3.63, 3.8) is 0 Å². The number of hydrogen-bond acceptors (Lipinski definition) is 12. The molecule has 20 nitrogen and oxygen atoms in total. The van der Waals surface area contributed by atoms with Crippen LogP contribution in [0.4, 0.5) is 0 Å². The van der Waals surface area contributed by atoms with Crippen molar-refractivity contribution in [1.29, 1.82) is 0 Å². The quantitative estimate of drug-likeness (QED) is 0.0233. The smallest absolute Gasteiger partial charge is 0.251 e. The van der Waals surface area contributed by atoms with E-state index in [2.05, 4.69) is 66.8 Å². The fourth-order valence-electron chi connectivity index (χ4n) is 11.4. The summed E-state index contributed by atoms with van der Waals surface area (Å²) in [6, 6.07) is 37.1. The summed E-state index contributed by atoms with van der Waals surface area (Å²) in [5.74, 6) is -3.69. The van der Waals surface area contributed by atoms with E-state index in [9.17, 15) is 38.4 Å². The van der Waals surface area contributed by atoms with Crippen molar-refractivity contribution >= 4 is 47.3 Å². The predicted octanol–water partition coefficient (Wildman–Crippen LogP) is 6.38. The predicted molar refractivity (Wildman–Crippen MR) is 355 cm³/mol. The van der Waals surface area contributed by atoms with Crippen LogP contribution in [-0.2, 0) is 51.1 Å². The molecular weight excluding hydrogens is 1160 g/mol. The minimum atomic E-state index is -1.06. The third-order valence-corrected chi connectivity index (χ3v) is 17.1. The van der Waals surface area contributed by atoms with Gasteiger partial charge in [-0.3, -0.25) is 38.4 Å². The molecule has 2 fully saturated rings. The van der Waals surface area contributed by atoms with Crippen molar-refractivity contribution in [2.45, 2.75) is 154 Å². The summed E-state index contributed by atoms with van der Waals surface area (Å²) < 4.78 is 12.4. The molecule has 10 atom stereocenters. The highest BCUT2D eigenvalue weighted by Crippen LogP contribution is 2.30. The van der Waals surface area contributed by atoms with Gasteiger partial charge < -0.3 is 61.8 Å². The van der Waals surface area contributed by atoms with Crippen LogP contribution < -0.4 is 42.5 Å². The molecule has 7 rings (SSSR count). The van der Waals surface area contributed by atoms with Gasteiger partial charge >= 0.3 is 0 Å². The highest BCUT2D eigenvalue weighted by atomic mass is 16.5. The second-order valence-electron chi connectivity index (χ2n) is 26.3. The molecule has 0 saturated carbocycles. The number of amides is 8. The molecule has 2 aliphatic heterocycles. The van der Waals surface area contributed by atoms with Crippen LogP contribution in [-0.4, -0.2) is 159 Å². The molecule has 8 amide bonds. The van der Waals surface area contributed by atoms with Gasteiger partial charge in [-0.05, 0) is 124 Å². The normalized spacial score (nSPS) is 18.5. The molecule has 0 bridgehead atoms. The zero-order valence-electron chi connectivity index (χ0n) is 55.1. The number of benzene rings is 5. The standard InChI is InChI=1S/C72H96N10O10/c1-47(73-9)63(83)79-61(71(3,4)5)69(89)81-43-55(41-59(81)67(87)77-57(51-31-19-13-20-32-51)45-91-39-23-29-49-25-15-11-16-26-49)75-65(85)53-35-37-54(38-36-53)66(86)76-56-42-60(82(44-56)70(90)62(72(6,7)8)80-64(84)48(2)74-10)68(88)78-58(52-33-21-14-22-34-52)46-92-40-24-30-50-27-17-12-18-28-50/h11-22,25-28,31-38,47-48,55-62,73-74H,23-24,29-30,39-46H2,1-10H3,(H,75,85)(H,76,86)(H,77,87)(H,78,88)(H,79,83)(H,80,84)/t47-,48-,55-,56-,57+,58+,59-,60-,61+,62+/m0/s1. The fraction of sp³-hybridized carbons (Fsp3) is 0.472. The Kier molecular flexibility index (Phi) is 26.2. The van der Waals surface area contributed by atoms with Gasteiger partial charge in [0.05, 0.1) is 37.4 Å². The first kappa shape index (κ1) is 71.1. The third kappa shape index (κ3) is 20.3. The zero-order chi connectivity index (χ0) is 66.5. The molecule has 0 aromatic heterocycles. The minimum Gasteiger partial charge on any atom is -0.379 e. The summed E-state index contributed by atoms with van der Waals surface area (Å²) in [5.41, 5.74) is 2.83. The SMILES string of the molecule is CN[C@@H](C)C(=O)N[C@H](C(=O)N1C[C@@H](NC(=O)c2ccc(C(=O)N[C@H]3C[C@@H](C(=O)N[C@H](COCCCc4ccccc4)c4ccccc4)N(C(=O)[C@@H](NC(=O)[C@H](C)NC)C(C)(C)C)C3)cc2)C[C@H]1C(=O)N[C@H](COCCCc1ccccc1)c1ccccc1)C(C)(C)C. The number of carbonyl (C=O) groups is 8. The van der Waals surface area contributed by atoms with E-state index >= 15 is 0 Å². The Morgan fingerprint density at radius 2 is 0.793 bits per heavy atom. The maximum atomic E-state index is 14.9. The Morgan fingerprint density at radius 1 is 0.467 bits per heavy atom. The zero-order valence-corrected chi connectivity index (χ0v) is 55.1. The number of nitrogens with one attached hydrogen (secondary N) is 8. The molecule has 0 spiro atoms. The van der Waals surface area contributed by atoms with Crippen LogP contribution in [0.5, 0.6) is 0 Å². The Balaban J connectivity index is 1.06. The molecule has 20 heteroatoms. The topological polar surface area (TPSA) is 258 Å². The van der Waals surface area contributed by atoms with Crippen molar-refractivity contribution in [3.8, 4) is 0 Å². The van der Waals surface area contributed by atoms with Crippen molar-refractivity contribution in [3.05, 3.63) is 179 Å². The number of carbonyl (C=O) groups excluding carboxylic acids is 8. The Hall–Kier alpha value is -8.30. The first-order valence-corrected chi connectivity index (χ1v) is 32.2. The first-order chi connectivity index (χ1) is 43.9. The summed E-state index contributed by atoms with van der Waals surface area (Å²) in [5, 5.41) is 24.1. The van der Waals surface area contributed by atoms with E-state index in [1.54, 1.807) is 27.9 Å². The largest absolute Gasteiger partial charge is 0.379 e. The van der Waals surface area contributed by atoms with Crippen molar-refractivity contribution in [2.75, 3.05) is 53.6 Å². The fourth-order valence-corrected chi connectivity index (χ4v) is 11.4. The Labute approximate surface area is 542 Å². The molecule has 0 radical (unpaired) electrons. The van der Waals surface area contributed by atoms with E-state index in [4.69, 9.17) is 9.47 Å². The summed E-state index contributed by atoms with van der Waals surface area (Å²) in [7, 11) is 3.29. The summed E-state index contributed by atoms with van der Waals surface area (Å²) in [6.07, 6.45) is 3.28. The van der Waals surface area contributed by atoms with E-state index in [-0.39, 0.29) is 50.3 Å². The summed E-state index contributed by atoms with van der Waals surface area (Å²) >= 11 is 0. The van der Waals surface area contributed by atoms with Gasteiger partial charge in [-0.15, -0.1) is 0 Å². The number of aryl methyl sites for hydroxylation is 2. The van der Waals surface area contributed by atoms with Crippen LogP contribution in [0.15, 0.2) is 146 Å². The number of rotatable bonds is 30. The molecule has 2 saturated heterocycles. The molecule has 2 aliphatic rings. The van der Waals surface area contributed by atoms with Gasteiger partial charge in [-0.1, -0.05) is 163 Å². The number of ether oxygens (including phenoxy) is 2. The number of likely N-dealkylation sites (tertiary alicyclic amines) is 2. The molecule has 494 valence electrons. The van der Waals surface area contributed by atoms with E-state index in [1.807, 2.05) is 139 Å². The van der Waals surface area contributed by atoms with Gasteiger partial charge in [0.15, 0.2) is 0 Å². The molecular formula is C72H96N10O10. The minimum absolute atomic E-state index is 0.0487. The van der Waals surface area contributed by atoms with Crippen LogP contribution in [0.3, 0.4) is 0 Å². The monoisotopic (exact) mass is 1260 g/mol. The molecule has 5 aromatic rings. The Bertz CT molecular complexity index is 3000. The third-order valence-electron chi connectivity index (χ3n) is 17.1. The van der Waals surface area contributed by atoms with Gasteiger partial charge in [0.2, 0.25) is 35.4 Å². The van der Waals surface area contributed by atoms with Gasteiger partial charge in [0.25, 0.3) is 11.8 Å². The second kappa shape index (κ2) is 33.9. The molecule has 8 N–H and O–H groups in total. The maximum absolute atomic E-state index is 14.9. The molecule has 5 aromatic carbocycles. The van der Waals surface area contributed by atoms with E-state index < -0.39 is 119 Å². The van der Waals surface area contributed by atoms with Crippen LogP contribution in [0.1, 0.15) is 136 Å². The van der Waals surface area contributed by atoms with E-state index in [1.165, 1.54) is 45.2 Å². The van der Waals surface area contributed by atoms with Gasteiger partial charge in [0, 0.05) is 49.5 Å². The summed E-state index contributed by atoms with van der Waals surface area (Å²) in [4.78, 5) is 117. The van der Waals surface area contributed by atoms with Crippen molar-refractivity contribution in [1.82, 2.24) is 52.3 Å². The van der Waals surface area contributed by atoms with Crippen molar-refractivity contribution < 1.29 is 47.8 Å². The van der Waals surface area contributed by atoms with E-state index in [0.717, 1.165) is 36.8 Å². The Morgan fingerprint density at radius 3 is 1.11 bits per heavy atom. The highest BCUT2D eigenvalue weighted by Gasteiger charge is 2.48. The molecule has 0 aliphatic carbocycles. The lowest BCUT2D eigenvalue weighted by Gasteiger charge is -2.36. The molecule has 92 heavy (non-hydrogen) atoms. The number of hydrogen-bond donors (Lipinski definition) is 8. The average Bonchev–Trinajstić information content (AvgIpc) is 1.61. The highest BCUT2D eigenvalue weighted by molar-refractivity contribution is 5.99. The van der Waals surface area contributed by atoms with Crippen LogP contribution in [0.2, 0.25) is 0 Å². The maximum Gasteiger partial charge on any atom is 0.251 e. The van der Waals surface area contributed by atoms with E-state index in [0.29, 0.717) is 13.2 Å². The number of nitrogens with zero attached hydrogens (tertiary/aromatic N) is 2. The summed E-state index contributed by atoms with van der Waals surface area (Å²) in [6.45, 7) is 15.5. The van der Waals surface area contributed by atoms with Gasteiger partial charge in [0.1, 0.15) is 24.2 Å². The first-order valence-electron chi connectivity index (χ1n) is 32.2. The lowest BCUT2D eigenvalue weighted by Crippen LogP contribution is -2.59. The van der Waals surface area contributed by atoms with Crippen LogP contribution in [0.25, 0.3) is 0 Å². The second-order valence-corrected chi connectivity index (χ2v) is 26.3. The van der Waals surface area contributed by atoms with Gasteiger partial charge in [-0.2, -0.15) is 0 Å². The van der Waals surface area contributed by atoms with Crippen LogP contribution in [0, 0.1) is 10.8 Å². The lowest BCUT2D eigenvalue weighted by atomic mass is 9.85.